The van der Waals surface area contributed by atoms with Gasteiger partial charge in [-0.2, -0.15) is 0 Å². The van der Waals surface area contributed by atoms with E-state index in [1.807, 2.05) is 36.4 Å². The number of carbonyl (C=O) groups excluding carboxylic acids is 1. The van der Waals surface area contributed by atoms with Crippen molar-refractivity contribution in [3.63, 3.8) is 0 Å². The molecule has 0 bridgehead atoms. The molecule has 3 heteroatoms. The molecule has 1 aliphatic heterocycles. The van der Waals surface area contributed by atoms with Crippen molar-refractivity contribution in [2.75, 3.05) is 13.1 Å². The predicted molar refractivity (Wildman–Crippen MR) is 80.7 cm³/mol. The summed E-state index contributed by atoms with van der Waals surface area (Å²) in [5.41, 5.74) is 3.27. The van der Waals surface area contributed by atoms with Crippen molar-refractivity contribution in [2.45, 2.75) is 6.92 Å². The molecule has 0 N–H and O–H groups in total. The molecule has 2 aromatic carbocycles. The zero-order valence-electron chi connectivity index (χ0n) is 11.4. The smallest absolute Gasteiger partial charge is 0.225 e. The molecule has 1 amide bonds. The summed E-state index contributed by atoms with van der Waals surface area (Å²) < 4.78 is 0. The van der Waals surface area contributed by atoms with Crippen LogP contribution in [-0.4, -0.2) is 29.7 Å². The largest absolute Gasteiger partial charge is 0.295 e. The molecule has 1 heterocycles. The van der Waals surface area contributed by atoms with Gasteiger partial charge in [-0.25, -0.2) is 0 Å². The number of nitrogens with zero attached hydrogens (tertiary/aromatic N) is 2. The van der Waals surface area contributed by atoms with E-state index >= 15 is 0 Å². The van der Waals surface area contributed by atoms with Crippen LogP contribution in [0.5, 0.6) is 0 Å². The van der Waals surface area contributed by atoms with Gasteiger partial charge >= 0.3 is 0 Å². The van der Waals surface area contributed by atoms with E-state index in [1.165, 1.54) is 0 Å². The zero-order valence-corrected chi connectivity index (χ0v) is 11.4. The van der Waals surface area contributed by atoms with Gasteiger partial charge in [0, 0.05) is 19.0 Å². The van der Waals surface area contributed by atoms with E-state index in [4.69, 9.17) is 0 Å². The summed E-state index contributed by atoms with van der Waals surface area (Å²) in [5, 5.41) is 0. The third-order valence-corrected chi connectivity index (χ3v) is 3.47. The first kappa shape index (κ1) is 12.6. The van der Waals surface area contributed by atoms with E-state index < -0.39 is 0 Å². The molecular weight excluding hydrogens is 248 g/mol. The van der Waals surface area contributed by atoms with Crippen molar-refractivity contribution in [3.05, 3.63) is 60.2 Å². The summed E-state index contributed by atoms with van der Waals surface area (Å²) in [6.45, 7) is 2.94. The second kappa shape index (κ2) is 5.29. The molecule has 0 aliphatic carbocycles. The topological polar surface area (TPSA) is 32.7 Å². The monoisotopic (exact) mass is 264 g/mol. The fourth-order valence-electron chi connectivity index (χ4n) is 2.53. The number of carbonyl (C=O) groups is 1. The van der Waals surface area contributed by atoms with Gasteiger partial charge in [0.25, 0.3) is 0 Å². The molecule has 0 fully saturated rings. The van der Waals surface area contributed by atoms with Gasteiger partial charge in [-0.3, -0.25) is 14.7 Å². The molecule has 0 atom stereocenters. The van der Waals surface area contributed by atoms with Gasteiger partial charge in [-0.05, 0) is 11.1 Å². The summed E-state index contributed by atoms with van der Waals surface area (Å²) in [7, 11) is 0. The van der Waals surface area contributed by atoms with E-state index in [0.29, 0.717) is 13.1 Å². The Kier molecular flexibility index (Phi) is 3.33. The molecule has 2 aromatic rings. The minimum absolute atomic E-state index is 0.0455. The van der Waals surface area contributed by atoms with Gasteiger partial charge < -0.3 is 0 Å². The maximum Gasteiger partial charge on any atom is 0.225 e. The third kappa shape index (κ3) is 2.23. The van der Waals surface area contributed by atoms with Crippen LogP contribution in [0.1, 0.15) is 12.5 Å². The normalized spacial score (nSPS) is 14.2. The highest BCUT2D eigenvalue weighted by Gasteiger charge is 2.23. The Morgan fingerprint density at radius 1 is 1.00 bits per heavy atom. The molecule has 0 spiro atoms. The highest BCUT2D eigenvalue weighted by atomic mass is 16.2. The maximum absolute atomic E-state index is 11.7. The Labute approximate surface area is 118 Å². The Morgan fingerprint density at radius 3 is 2.35 bits per heavy atom. The summed E-state index contributed by atoms with van der Waals surface area (Å²) in [6.07, 6.45) is 0. The van der Waals surface area contributed by atoms with Crippen molar-refractivity contribution < 1.29 is 4.79 Å². The summed E-state index contributed by atoms with van der Waals surface area (Å²) >= 11 is 0. The number of aliphatic imine (C=N–C) groups is 1. The Bertz CT molecular complexity index is 662. The van der Waals surface area contributed by atoms with Crippen LogP contribution in [-0.2, 0) is 4.79 Å². The molecule has 3 nitrogen and oxygen atoms in total. The molecule has 1 aliphatic rings. The van der Waals surface area contributed by atoms with E-state index in [9.17, 15) is 4.79 Å². The fraction of sp³-hybridized carbons (Fsp3) is 0.176. The van der Waals surface area contributed by atoms with Gasteiger partial charge in [0.05, 0.1) is 6.54 Å². The first-order chi connectivity index (χ1) is 9.77. The molecule has 0 radical (unpaired) electrons. The van der Waals surface area contributed by atoms with Gasteiger partial charge in [0.2, 0.25) is 5.91 Å². The lowest BCUT2D eigenvalue weighted by Gasteiger charge is -2.18. The van der Waals surface area contributed by atoms with Crippen LogP contribution in [0, 0.1) is 0 Å². The van der Waals surface area contributed by atoms with Gasteiger partial charge in [-0.1, -0.05) is 54.6 Å². The van der Waals surface area contributed by atoms with Gasteiger partial charge in [0.1, 0.15) is 5.84 Å². The Morgan fingerprint density at radius 2 is 1.65 bits per heavy atom. The van der Waals surface area contributed by atoms with Crippen LogP contribution in [0.25, 0.3) is 11.1 Å². The maximum atomic E-state index is 11.7. The SMILES string of the molecule is CC(=O)N1CCN=C1c1ccccc1-c1ccccc1. The standard InChI is InChI=1S/C17H16N2O/c1-13(20)19-12-11-18-17(19)16-10-6-5-9-15(16)14-7-3-2-4-8-14/h2-10H,11-12H2,1H3. The number of hydrogen-bond acceptors (Lipinski definition) is 2. The lowest BCUT2D eigenvalue weighted by atomic mass is 9.98. The third-order valence-electron chi connectivity index (χ3n) is 3.47. The van der Waals surface area contributed by atoms with Crippen LogP contribution < -0.4 is 0 Å². The van der Waals surface area contributed by atoms with E-state index in [1.54, 1.807) is 11.8 Å². The van der Waals surface area contributed by atoms with Crippen molar-refractivity contribution in [2.24, 2.45) is 4.99 Å². The first-order valence-corrected chi connectivity index (χ1v) is 6.75. The van der Waals surface area contributed by atoms with Crippen molar-refractivity contribution in [3.8, 4) is 11.1 Å². The number of benzene rings is 2. The molecule has 3 rings (SSSR count). The van der Waals surface area contributed by atoms with Crippen molar-refractivity contribution in [1.29, 1.82) is 0 Å². The average molecular weight is 264 g/mol. The van der Waals surface area contributed by atoms with Crippen molar-refractivity contribution >= 4 is 11.7 Å². The second-order valence-corrected chi connectivity index (χ2v) is 4.79. The summed E-state index contributed by atoms with van der Waals surface area (Å²) in [5.74, 6) is 0.834. The molecule has 0 saturated heterocycles. The van der Waals surface area contributed by atoms with E-state index in [2.05, 4.69) is 23.2 Å². The first-order valence-electron chi connectivity index (χ1n) is 6.75. The average Bonchev–Trinajstić information content (AvgIpc) is 2.98. The number of hydrogen-bond donors (Lipinski definition) is 0. The lowest BCUT2D eigenvalue weighted by Crippen LogP contribution is -2.33. The van der Waals surface area contributed by atoms with Crippen LogP contribution in [0.15, 0.2) is 59.6 Å². The van der Waals surface area contributed by atoms with E-state index in [-0.39, 0.29) is 5.91 Å². The zero-order chi connectivity index (χ0) is 13.9. The highest BCUT2D eigenvalue weighted by molar-refractivity contribution is 6.11. The number of amidine groups is 1. The number of rotatable bonds is 2. The minimum Gasteiger partial charge on any atom is -0.295 e. The fourth-order valence-corrected chi connectivity index (χ4v) is 2.53. The van der Waals surface area contributed by atoms with Gasteiger partial charge in [-0.15, -0.1) is 0 Å². The van der Waals surface area contributed by atoms with E-state index in [0.717, 1.165) is 22.5 Å². The van der Waals surface area contributed by atoms with Crippen LogP contribution in [0.2, 0.25) is 0 Å². The molecule has 0 saturated carbocycles. The summed E-state index contributed by atoms with van der Waals surface area (Å²) in [4.78, 5) is 18.0. The number of amides is 1. The van der Waals surface area contributed by atoms with Crippen LogP contribution in [0.4, 0.5) is 0 Å². The quantitative estimate of drug-likeness (QED) is 0.820. The molecule has 100 valence electrons. The summed E-state index contributed by atoms with van der Waals surface area (Å²) in [6, 6.07) is 18.3. The van der Waals surface area contributed by atoms with Crippen LogP contribution in [0.3, 0.4) is 0 Å². The second-order valence-electron chi connectivity index (χ2n) is 4.79. The molecule has 0 aromatic heterocycles. The molecular formula is C17H16N2O. The van der Waals surface area contributed by atoms with Crippen LogP contribution >= 0.6 is 0 Å². The Balaban J connectivity index is 2.10. The molecule has 0 unspecified atom stereocenters. The lowest BCUT2D eigenvalue weighted by molar-refractivity contribution is -0.124. The highest BCUT2D eigenvalue weighted by Crippen LogP contribution is 2.26. The van der Waals surface area contributed by atoms with Gasteiger partial charge in [0.15, 0.2) is 0 Å². The molecule has 20 heavy (non-hydrogen) atoms. The predicted octanol–water partition coefficient (Wildman–Crippen LogP) is 2.96. The minimum atomic E-state index is 0.0455. The Hall–Kier alpha value is -2.42. The van der Waals surface area contributed by atoms with Crippen molar-refractivity contribution in [1.82, 2.24) is 4.90 Å².